The molecule has 0 radical (unpaired) electrons. The van der Waals surface area contributed by atoms with Gasteiger partial charge in [-0.25, -0.2) is 0 Å². The van der Waals surface area contributed by atoms with Crippen LogP contribution in [0.4, 0.5) is 11.4 Å². The Morgan fingerprint density at radius 3 is 1.94 bits per heavy atom. The van der Waals surface area contributed by atoms with E-state index in [-0.39, 0.29) is 13.1 Å². The molecule has 0 bridgehead atoms. The standard InChI is InChI=1S/C10H8Cl2N4/c11-8-5-7(15)6-9(12)10(8)16(3-1-13)4-2-14/h5-6H,3-4,15H2. The highest BCUT2D eigenvalue weighted by molar-refractivity contribution is 6.39. The zero-order chi connectivity index (χ0) is 12.1. The highest BCUT2D eigenvalue weighted by atomic mass is 35.5. The average molecular weight is 255 g/mol. The molecule has 0 aromatic heterocycles. The number of halogens is 2. The van der Waals surface area contributed by atoms with Crippen LogP contribution in [-0.2, 0) is 0 Å². The molecule has 0 saturated heterocycles. The summed E-state index contributed by atoms with van der Waals surface area (Å²) in [6.07, 6.45) is 0. The minimum Gasteiger partial charge on any atom is -0.399 e. The number of hydrogen-bond acceptors (Lipinski definition) is 4. The summed E-state index contributed by atoms with van der Waals surface area (Å²) >= 11 is 12.0. The van der Waals surface area contributed by atoms with Crippen LogP contribution in [0.2, 0.25) is 10.0 Å². The maximum atomic E-state index is 8.65. The smallest absolute Gasteiger partial charge is 0.107 e. The highest BCUT2D eigenvalue weighted by Crippen LogP contribution is 2.35. The number of nitrogens with two attached hydrogens (primary N) is 1. The first-order chi connectivity index (χ1) is 7.60. The van der Waals surface area contributed by atoms with Gasteiger partial charge in [-0.05, 0) is 12.1 Å². The molecule has 16 heavy (non-hydrogen) atoms. The molecule has 0 atom stereocenters. The Balaban J connectivity index is 3.20. The maximum Gasteiger partial charge on any atom is 0.107 e. The molecule has 4 nitrogen and oxygen atoms in total. The molecule has 0 heterocycles. The summed E-state index contributed by atoms with van der Waals surface area (Å²) in [6.45, 7) is 0.0772. The molecule has 0 saturated carbocycles. The summed E-state index contributed by atoms with van der Waals surface area (Å²) in [4.78, 5) is 1.49. The van der Waals surface area contributed by atoms with E-state index in [0.29, 0.717) is 21.4 Å². The lowest BCUT2D eigenvalue weighted by atomic mass is 10.2. The fraction of sp³-hybridized carbons (Fsp3) is 0.200. The van der Waals surface area contributed by atoms with Gasteiger partial charge in [-0.15, -0.1) is 0 Å². The molecule has 82 valence electrons. The van der Waals surface area contributed by atoms with E-state index < -0.39 is 0 Å². The van der Waals surface area contributed by atoms with Crippen molar-refractivity contribution >= 4 is 34.6 Å². The van der Waals surface area contributed by atoms with Crippen LogP contribution >= 0.6 is 23.2 Å². The van der Waals surface area contributed by atoms with Crippen LogP contribution in [-0.4, -0.2) is 13.1 Å². The lowest BCUT2D eigenvalue weighted by molar-refractivity contribution is 0.967. The highest BCUT2D eigenvalue weighted by Gasteiger charge is 2.14. The largest absolute Gasteiger partial charge is 0.399 e. The van der Waals surface area contributed by atoms with Crippen LogP contribution in [0.5, 0.6) is 0 Å². The zero-order valence-electron chi connectivity index (χ0n) is 8.24. The summed E-state index contributed by atoms with van der Waals surface area (Å²) in [6, 6.07) is 6.96. The van der Waals surface area contributed by atoms with Crippen LogP contribution in [0.15, 0.2) is 12.1 Å². The molecule has 0 amide bonds. The van der Waals surface area contributed by atoms with Crippen molar-refractivity contribution in [3.63, 3.8) is 0 Å². The zero-order valence-corrected chi connectivity index (χ0v) is 9.76. The van der Waals surface area contributed by atoms with Gasteiger partial charge in [0.2, 0.25) is 0 Å². The molecule has 0 aliphatic heterocycles. The summed E-state index contributed by atoms with van der Waals surface area (Å²) in [7, 11) is 0. The third kappa shape index (κ3) is 2.70. The van der Waals surface area contributed by atoms with Crippen LogP contribution < -0.4 is 10.6 Å². The number of nitrogens with zero attached hydrogens (tertiary/aromatic N) is 3. The van der Waals surface area contributed by atoms with E-state index in [1.54, 1.807) is 0 Å². The Hall–Kier alpha value is -1.62. The van der Waals surface area contributed by atoms with Crippen molar-refractivity contribution in [2.75, 3.05) is 23.7 Å². The van der Waals surface area contributed by atoms with Gasteiger partial charge in [0.25, 0.3) is 0 Å². The number of nitrogen functional groups attached to an aromatic ring is 1. The predicted molar refractivity (Wildman–Crippen MR) is 64.3 cm³/mol. The number of nitriles is 2. The summed E-state index contributed by atoms with van der Waals surface area (Å²) in [5.41, 5.74) is 6.46. The molecule has 1 rings (SSSR count). The van der Waals surface area contributed by atoms with Crippen molar-refractivity contribution in [2.45, 2.75) is 0 Å². The van der Waals surface area contributed by atoms with Gasteiger partial charge in [0.1, 0.15) is 13.1 Å². The SMILES string of the molecule is N#CCN(CC#N)c1c(Cl)cc(N)cc1Cl. The first-order valence-electron chi connectivity index (χ1n) is 4.33. The topological polar surface area (TPSA) is 76.8 Å². The summed E-state index contributed by atoms with van der Waals surface area (Å²) in [5, 5.41) is 18.0. The minimum absolute atomic E-state index is 0.0386. The van der Waals surface area contributed by atoms with Crippen molar-refractivity contribution < 1.29 is 0 Å². The van der Waals surface area contributed by atoms with Gasteiger partial charge in [-0.3, -0.25) is 0 Å². The lowest BCUT2D eigenvalue weighted by Crippen LogP contribution is -2.24. The van der Waals surface area contributed by atoms with Crippen LogP contribution in [0, 0.1) is 22.7 Å². The van der Waals surface area contributed by atoms with E-state index in [0.717, 1.165) is 0 Å². The van der Waals surface area contributed by atoms with Crippen LogP contribution in [0.25, 0.3) is 0 Å². The molecule has 0 fully saturated rings. The third-order valence-electron chi connectivity index (χ3n) is 1.88. The molecular formula is C10H8Cl2N4. The second-order valence-corrected chi connectivity index (χ2v) is 3.82. The molecule has 0 spiro atoms. The van der Waals surface area contributed by atoms with Gasteiger partial charge < -0.3 is 10.6 Å². The molecule has 0 aliphatic rings. The van der Waals surface area contributed by atoms with E-state index in [1.165, 1.54) is 17.0 Å². The molecular weight excluding hydrogens is 247 g/mol. The second-order valence-electron chi connectivity index (χ2n) is 3.01. The number of rotatable bonds is 3. The Labute approximate surface area is 103 Å². The van der Waals surface area contributed by atoms with Gasteiger partial charge in [0.05, 0.1) is 27.9 Å². The van der Waals surface area contributed by atoms with Gasteiger partial charge in [0.15, 0.2) is 0 Å². The third-order valence-corrected chi connectivity index (χ3v) is 2.45. The van der Waals surface area contributed by atoms with Crippen molar-refractivity contribution in [3.8, 4) is 12.1 Å². The van der Waals surface area contributed by atoms with Gasteiger partial charge in [0, 0.05) is 5.69 Å². The lowest BCUT2D eigenvalue weighted by Gasteiger charge is -2.21. The molecule has 6 heteroatoms. The second kappa shape index (κ2) is 5.46. The van der Waals surface area contributed by atoms with Crippen LogP contribution in [0.3, 0.4) is 0 Å². The Morgan fingerprint density at radius 2 is 1.56 bits per heavy atom. The van der Waals surface area contributed by atoms with E-state index in [9.17, 15) is 0 Å². The van der Waals surface area contributed by atoms with Gasteiger partial charge >= 0.3 is 0 Å². The van der Waals surface area contributed by atoms with Gasteiger partial charge in [-0.1, -0.05) is 23.2 Å². The Kier molecular flexibility index (Phi) is 4.25. The van der Waals surface area contributed by atoms with E-state index in [1.807, 2.05) is 12.1 Å². The Bertz CT molecular complexity index is 434. The number of benzene rings is 1. The fourth-order valence-electron chi connectivity index (χ4n) is 1.27. The van der Waals surface area contributed by atoms with Crippen LogP contribution in [0.1, 0.15) is 0 Å². The minimum atomic E-state index is 0.0386. The quantitative estimate of drug-likeness (QED) is 0.664. The normalized spacial score (nSPS) is 9.25. The Morgan fingerprint density at radius 1 is 1.12 bits per heavy atom. The fourth-order valence-corrected chi connectivity index (χ4v) is 2.01. The number of hydrogen-bond donors (Lipinski definition) is 1. The van der Waals surface area contributed by atoms with Gasteiger partial charge in [-0.2, -0.15) is 10.5 Å². The molecule has 0 aliphatic carbocycles. The average Bonchev–Trinajstić information content (AvgIpc) is 2.16. The molecule has 0 unspecified atom stereocenters. The molecule has 1 aromatic rings. The first-order valence-corrected chi connectivity index (χ1v) is 5.09. The van der Waals surface area contributed by atoms with Crippen molar-refractivity contribution in [2.24, 2.45) is 0 Å². The predicted octanol–water partition coefficient (Wildman–Crippen LogP) is 2.43. The van der Waals surface area contributed by atoms with Crippen molar-refractivity contribution in [1.29, 1.82) is 10.5 Å². The first kappa shape index (κ1) is 12.4. The van der Waals surface area contributed by atoms with Crippen molar-refractivity contribution in [3.05, 3.63) is 22.2 Å². The van der Waals surface area contributed by atoms with E-state index in [4.69, 9.17) is 39.5 Å². The molecule has 2 N–H and O–H groups in total. The maximum absolute atomic E-state index is 8.65. The molecule has 1 aromatic carbocycles. The van der Waals surface area contributed by atoms with Crippen molar-refractivity contribution in [1.82, 2.24) is 0 Å². The van der Waals surface area contributed by atoms with E-state index >= 15 is 0 Å². The van der Waals surface area contributed by atoms with E-state index in [2.05, 4.69) is 0 Å². The number of anilines is 2. The summed E-state index contributed by atoms with van der Waals surface area (Å²) in [5.74, 6) is 0. The monoisotopic (exact) mass is 254 g/mol. The summed E-state index contributed by atoms with van der Waals surface area (Å²) < 4.78 is 0.